The molecule has 5 rings (SSSR count). The summed E-state index contributed by atoms with van der Waals surface area (Å²) in [5.74, 6) is 1.90. The minimum atomic E-state index is -0.245. The van der Waals surface area contributed by atoms with E-state index in [0.717, 1.165) is 28.6 Å². The molecule has 6 nitrogen and oxygen atoms in total. The monoisotopic (exact) mass is 404 g/mol. The molecule has 1 amide bonds. The van der Waals surface area contributed by atoms with Gasteiger partial charge in [0.25, 0.3) is 5.91 Å². The number of ether oxygens (including phenoxy) is 3. The second-order valence-corrected chi connectivity index (χ2v) is 8.45. The van der Waals surface area contributed by atoms with E-state index in [1.54, 1.807) is 4.90 Å². The zero-order valence-corrected chi connectivity index (χ0v) is 17.1. The zero-order valence-electron chi connectivity index (χ0n) is 17.1. The summed E-state index contributed by atoms with van der Waals surface area (Å²) in [5.41, 5.74) is 1.77. The second-order valence-electron chi connectivity index (χ2n) is 8.45. The largest absolute Gasteiger partial charge is 0.483 e. The molecule has 2 aromatic carbocycles. The maximum Gasteiger partial charge on any atom is 0.260 e. The quantitative estimate of drug-likeness (QED) is 0.650. The highest BCUT2D eigenvalue weighted by Gasteiger charge is 2.34. The number of fused-ring (bicyclic) bond motifs is 2. The molecule has 2 aliphatic rings. The van der Waals surface area contributed by atoms with E-state index in [4.69, 9.17) is 14.2 Å². The Morgan fingerprint density at radius 1 is 1.13 bits per heavy atom. The van der Waals surface area contributed by atoms with Crippen LogP contribution in [0.1, 0.15) is 19.4 Å². The van der Waals surface area contributed by atoms with E-state index in [1.807, 2.05) is 68.4 Å². The summed E-state index contributed by atoms with van der Waals surface area (Å²) in [6, 6.07) is 17.6. The van der Waals surface area contributed by atoms with Crippen LogP contribution in [0.5, 0.6) is 17.4 Å². The van der Waals surface area contributed by atoms with Crippen molar-refractivity contribution in [3.05, 3.63) is 60.2 Å². The van der Waals surface area contributed by atoms with Gasteiger partial charge in [0.2, 0.25) is 5.88 Å². The lowest BCUT2D eigenvalue weighted by Crippen LogP contribution is -2.57. The first-order valence-electron chi connectivity index (χ1n) is 10.2. The Kier molecular flexibility index (Phi) is 4.50. The predicted octanol–water partition coefficient (Wildman–Crippen LogP) is 3.62. The molecule has 1 aromatic heterocycles. The molecular weight excluding hydrogens is 380 g/mol. The maximum atomic E-state index is 12.5. The van der Waals surface area contributed by atoms with Gasteiger partial charge in [-0.2, -0.15) is 0 Å². The predicted molar refractivity (Wildman–Crippen MR) is 113 cm³/mol. The third kappa shape index (κ3) is 3.65. The van der Waals surface area contributed by atoms with Crippen molar-refractivity contribution in [1.82, 2.24) is 9.88 Å². The van der Waals surface area contributed by atoms with Crippen molar-refractivity contribution >= 4 is 16.8 Å². The van der Waals surface area contributed by atoms with Crippen molar-refractivity contribution in [1.29, 1.82) is 0 Å². The Labute approximate surface area is 175 Å². The molecule has 30 heavy (non-hydrogen) atoms. The van der Waals surface area contributed by atoms with Gasteiger partial charge < -0.3 is 19.1 Å². The van der Waals surface area contributed by atoms with E-state index >= 15 is 0 Å². The summed E-state index contributed by atoms with van der Waals surface area (Å²) < 4.78 is 17.7. The molecule has 3 heterocycles. The molecular formula is C24H24N2O4. The molecule has 0 unspecified atom stereocenters. The molecule has 1 fully saturated rings. The Morgan fingerprint density at radius 3 is 2.83 bits per heavy atom. The third-order valence-electron chi connectivity index (χ3n) is 5.47. The zero-order chi connectivity index (χ0) is 20.7. The average Bonchev–Trinajstić information content (AvgIpc) is 3.02. The number of benzene rings is 2. The maximum absolute atomic E-state index is 12.5. The van der Waals surface area contributed by atoms with E-state index in [2.05, 4.69) is 4.98 Å². The number of hydrogen-bond donors (Lipinski definition) is 0. The minimum absolute atomic E-state index is 0.0127. The number of rotatable bonds is 5. The number of aromatic nitrogens is 1. The van der Waals surface area contributed by atoms with Gasteiger partial charge in [-0.3, -0.25) is 4.79 Å². The molecule has 0 aliphatic carbocycles. The van der Waals surface area contributed by atoms with E-state index in [1.165, 1.54) is 0 Å². The molecule has 2 aliphatic heterocycles. The lowest BCUT2D eigenvalue weighted by atomic mass is 10.0. The summed E-state index contributed by atoms with van der Waals surface area (Å²) in [5, 5.41) is 1.08. The Balaban J connectivity index is 1.14. The van der Waals surface area contributed by atoms with Crippen LogP contribution in [0.15, 0.2) is 54.6 Å². The number of para-hydroxylation sites is 2. The van der Waals surface area contributed by atoms with Crippen LogP contribution in [0, 0.1) is 0 Å². The van der Waals surface area contributed by atoms with Crippen molar-refractivity contribution in [2.24, 2.45) is 0 Å². The molecule has 6 heteroatoms. The van der Waals surface area contributed by atoms with Crippen LogP contribution in [-0.4, -0.2) is 47.2 Å². The third-order valence-corrected chi connectivity index (χ3v) is 5.47. The number of carbonyl (C=O) groups excluding carboxylic acids is 1. The minimum Gasteiger partial charge on any atom is -0.483 e. The molecule has 0 N–H and O–H groups in total. The molecule has 154 valence electrons. The van der Waals surface area contributed by atoms with Crippen molar-refractivity contribution in [2.45, 2.75) is 32.0 Å². The van der Waals surface area contributed by atoms with Crippen LogP contribution in [0.25, 0.3) is 10.9 Å². The highest BCUT2D eigenvalue weighted by molar-refractivity contribution is 5.79. The van der Waals surface area contributed by atoms with Gasteiger partial charge in [0, 0.05) is 23.4 Å². The van der Waals surface area contributed by atoms with Crippen LogP contribution in [0.4, 0.5) is 0 Å². The SMILES string of the molecule is CC1(C)Cc2cccc(OCC(=O)N3CC(Oc4ccc5ccccc5n4)C3)c2O1. The van der Waals surface area contributed by atoms with Crippen molar-refractivity contribution < 1.29 is 19.0 Å². The summed E-state index contributed by atoms with van der Waals surface area (Å²) in [4.78, 5) is 18.7. The number of nitrogens with zero attached hydrogens (tertiary/aromatic N) is 2. The van der Waals surface area contributed by atoms with Gasteiger partial charge >= 0.3 is 0 Å². The summed E-state index contributed by atoms with van der Waals surface area (Å²) in [7, 11) is 0. The number of hydrogen-bond acceptors (Lipinski definition) is 5. The van der Waals surface area contributed by atoms with Crippen LogP contribution < -0.4 is 14.2 Å². The van der Waals surface area contributed by atoms with Gasteiger partial charge in [0.05, 0.1) is 18.6 Å². The standard InChI is InChI=1S/C24H24N2O4/c1-24(2)12-17-7-5-9-20(23(17)30-24)28-15-22(27)26-13-18(14-26)29-21-11-10-16-6-3-4-8-19(16)25-21/h3-11,18H,12-15H2,1-2H3. The van der Waals surface area contributed by atoms with Crippen LogP contribution in [-0.2, 0) is 11.2 Å². The highest BCUT2D eigenvalue weighted by atomic mass is 16.5. The first-order chi connectivity index (χ1) is 14.5. The van der Waals surface area contributed by atoms with E-state index in [9.17, 15) is 4.79 Å². The van der Waals surface area contributed by atoms with Crippen LogP contribution >= 0.6 is 0 Å². The summed E-state index contributed by atoms with van der Waals surface area (Å²) in [6.07, 6.45) is 0.786. The summed E-state index contributed by atoms with van der Waals surface area (Å²) >= 11 is 0. The molecule has 0 saturated carbocycles. The van der Waals surface area contributed by atoms with E-state index in [0.29, 0.717) is 24.7 Å². The summed E-state index contributed by atoms with van der Waals surface area (Å²) in [6.45, 7) is 5.15. The second kappa shape index (κ2) is 7.20. The topological polar surface area (TPSA) is 60.9 Å². The molecule has 0 radical (unpaired) electrons. The number of carbonyl (C=O) groups is 1. The normalized spacial score (nSPS) is 17.2. The fourth-order valence-corrected chi connectivity index (χ4v) is 3.93. The number of pyridine rings is 1. The first-order valence-corrected chi connectivity index (χ1v) is 10.2. The van der Waals surface area contributed by atoms with Gasteiger partial charge in [-0.15, -0.1) is 0 Å². The van der Waals surface area contributed by atoms with E-state index < -0.39 is 0 Å². The molecule has 0 bridgehead atoms. The fraction of sp³-hybridized carbons (Fsp3) is 0.333. The van der Waals surface area contributed by atoms with Gasteiger partial charge in [-0.25, -0.2) is 4.98 Å². The van der Waals surface area contributed by atoms with Crippen molar-refractivity contribution in [3.63, 3.8) is 0 Å². The van der Waals surface area contributed by atoms with Gasteiger partial charge in [0.1, 0.15) is 11.7 Å². The van der Waals surface area contributed by atoms with Crippen molar-refractivity contribution in [3.8, 4) is 17.4 Å². The van der Waals surface area contributed by atoms with Gasteiger partial charge in [-0.1, -0.05) is 30.3 Å². The lowest BCUT2D eigenvalue weighted by molar-refractivity contribution is -0.142. The van der Waals surface area contributed by atoms with Crippen molar-refractivity contribution in [2.75, 3.05) is 19.7 Å². The lowest BCUT2D eigenvalue weighted by Gasteiger charge is -2.38. The average molecular weight is 404 g/mol. The van der Waals surface area contributed by atoms with Gasteiger partial charge in [0.15, 0.2) is 18.1 Å². The van der Waals surface area contributed by atoms with Gasteiger partial charge in [-0.05, 0) is 32.0 Å². The molecule has 0 spiro atoms. The number of likely N-dealkylation sites (tertiary alicyclic amines) is 1. The van der Waals surface area contributed by atoms with E-state index in [-0.39, 0.29) is 24.2 Å². The Hall–Kier alpha value is -3.28. The first kappa shape index (κ1) is 18.7. The smallest absolute Gasteiger partial charge is 0.260 e. The molecule has 0 atom stereocenters. The van der Waals surface area contributed by atoms with Crippen LogP contribution in [0.2, 0.25) is 0 Å². The molecule has 1 saturated heterocycles. The Bertz CT molecular complexity index is 1110. The highest BCUT2D eigenvalue weighted by Crippen LogP contribution is 2.41. The fourth-order valence-electron chi connectivity index (χ4n) is 3.93. The molecule has 3 aromatic rings. The Morgan fingerprint density at radius 2 is 1.97 bits per heavy atom. The number of amides is 1. The van der Waals surface area contributed by atoms with Crippen LogP contribution in [0.3, 0.4) is 0 Å².